The Morgan fingerprint density at radius 3 is 1.48 bits per heavy atom. The van der Waals surface area contributed by atoms with Crippen LogP contribution in [0.25, 0.3) is 0 Å². The molecule has 0 spiro atoms. The summed E-state index contributed by atoms with van der Waals surface area (Å²) in [4.78, 5) is 22.4. The normalized spacial score (nSPS) is 21.9. The van der Waals surface area contributed by atoms with Gasteiger partial charge in [-0.25, -0.2) is 0 Å². The Bertz CT molecular complexity index is 931. The fraction of sp³-hybridized carbons (Fsp3) is 0.417. The van der Waals surface area contributed by atoms with Crippen molar-refractivity contribution >= 4 is 41.9 Å². The van der Waals surface area contributed by atoms with Crippen LogP contribution in [0.1, 0.15) is 37.2 Å². The van der Waals surface area contributed by atoms with E-state index in [2.05, 4.69) is 46.4 Å². The smallest absolute Gasteiger partial charge is 0.247 e. The molecule has 1 aliphatic rings. The van der Waals surface area contributed by atoms with Crippen LogP contribution in [0, 0.1) is 11.8 Å². The van der Waals surface area contributed by atoms with Crippen molar-refractivity contribution < 1.29 is 33.3 Å². The highest BCUT2D eigenvalue weighted by molar-refractivity contribution is 6.58. The fourth-order valence-electron chi connectivity index (χ4n) is 3.98. The molecule has 9 heteroatoms. The first-order valence-electron chi connectivity index (χ1n) is 10.6. The second-order valence-electron chi connectivity index (χ2n) is 8.03. The van der Waals surface area contributed by atoms with Crippen LogP contribution in [0.4, 0.5) is 0 Å². The molecule has 1 aliphatic heterocycles. The van der Waals surface area contributed by atoms with Crippen LogP contribution in [0.2, 0.25) is 0 Å². The second kappa shape index (κ2) is 11.4. The fourth-order valence-corrected chi connectivity index (χ4v) is 4.15. The van der Waals surface area contributed by atoms with Gasteiger partial charge >= 0.3 is 0 Å². The van der Waals surface area contributed by atoms with Gasteiger partial charge in [-0.2, -0.15) is 0 Å². The van der Waals surface area contributed by atoms with Gasteiger partial charge in [0.25, 0.3) is 0 Å². The minimum absolute atomic E-state index is 0.0391. The molecule has 3 rings (SSSR count). The number of ether oxygens (including phenoxy) is 5. The van der Waals surface area contributed by atoms with E-state index in [0.717, 1.165) is 11.1 Å². The van der Waals surface area contributed by atoms with Gasteiger partial charge in [-0.1, -0.05) is 26.0 Å². The topological polar surface area (TPSA) is 80.3 Å². The molecule has 170 valence electrons. The van der Waals surface area contributed by atoms with E-state index in [1.807, 2.05) is 24.3 Å². The molecule has 2 aromatic rings. The zero-order valence-corrected chi connectivity index (χ0v) is 21.5. The van der Waals surface area contributed by atoms with Gasteiger partial charge in [-0.15, -0.1) is 0 Å². The molecule has 1 saturated heterocycles. The summed E-state index contributed by atoms with van der Waals surface area (Å²) in [6.45, 7) is 4.25. The van der Waals surface area contributed by atoms with Gasteiger partial charge in [0.2, 0.25) is 32.6 Å². The van der Waals surface area contributed by atoms with Crippen LogP contribution >= 0.6 is 0 Å². The SMILES string of the molecule is COc1cc(C2O[C@H](c3ccc(OC[C](=O)[Al])c(OC)c3)[C@H](C)C2C)ccc1OC[C](=O)[Al]. The molecule has 0 aliphatic carbocycles. The first-order chi connectivity index (χ1) is 15.7. The predicted octanol–water partition coefficient (Wildman–Crippen LogP) is 2.94. The summed E-state index contributed by atoms with van der Waals surface area (Å²) < 4.78 is 28.3. The molecule has 0 bridgehead atoms. The number of benzene rings is 2. The van der Waals surface area contributed by atoms with Crippen molar-refractivity contribution in [3.05, 3.63) is 47.5 Å². The van der Waals surface area contributed by atoms with Gasteiger partial charge in [0.15, 0.2) is 23.0 Å². The second-order valence-corrected chi connectivity index (χ2v) is 9.31. The van der Waals surface area contributed by atoms with Crippen LogP contribution < -0.4 is 18.9 Å². The van der Waals surface area contributed by atoms with E-state index in [4.69, 9.17) is 23.7 Å². The van der Waals surface area contributed by atoms with Gasteiger partial charge < -0.3 is 33.3 Å². The summed E-state index contributed by atoms with van der Waals surface area (Å²) in [7, 11) is 3.14. The van der Waals surface area contributed by atoms with E-state index in [1.54, 1.807) is 26.4 Å². The van der Waals surface area contributed by atoms with E-state index >= 15 is 0 Å². The number of hydrogen-bond acceptors (Lipinski definition) is 7. The highest BCUT2D eigenvalue weighted by atomic mass is 27.1. The summed E-state index contributed by atoms with van der Waals surface area (Å²) in [5.74, 6) is 2.59. The minimum Gasteiger partial charge on any atom is -0.493 e. The van der Waals surface area contributed by atoms with E-state index in [-0.39, 0.29) is 46.5 Å². The number of carbonyl (C=O) groups is 2. The van der Waals surface area contributed by atoms with Crippen molar-refractivity contribution in [1.29, 1.82) is 0 Å². The summed E-state index contributed by atoms with van der Waals surface area (Å²) >= 11 is 4.19. The lowest BCUT2D eigenvalue weighted by atomic mass is 9.85. The largest absolute Gasteiger partial charge is 0.493 e. The lowest BCUT2D eigenvalue weighted by Gasteiger charge is -2.19. The van der Waals surface area contributed by atoms with Gasteiger partial charge in [0, 0.05) is 0 Å². The monoisotopic (exact) mass is 480 g/mol. The first kappa shape index (κ1) is 25.6. The third kappa shape index (κ3) is 6.12. The van der Waals surface area contributed by atoms with Gasteiger partial charge in [0.1, 0.15) is 13.2 Å². The van der Waals surface area contributed by atoms with Crippen molar-refractivity contribution in [3.63, 3.8) is 0 Å². The molecule has 4 atom stereocenters. The maximum atomic E-state index is 11.2. The third-order valence-corrected chi connectivity index (χ3v) is 6.18. The quantitative estimate of drug-likeness (QED) is 0.484. The maximum Gasteiger partial charge on any atom is 0.247 e. The molecular weight excluding hydrogens is 454 g/mol. The average Bonchev–Trinajstić information content (AvgIpc) is 3.10. The van der Waals surface area contributed by atoms with Crippen LogP contribution in [0.15, 0.2) is 36.4 Å². The summed E-state index contributed by atoms with van der Waals surface area (Å²) in [6, 6.07) is 11.3. The van der Waals surface area contributed by atoms with E-state index < -0.39 is 0 Å². The summed E-state index contributed by atoms with van der Waals surface area (Å²) in [5, 5.41) is 0. The highest BCUT2D eigenvalue weighted by Crippen LogP contribution is 2.50. The minimum atomic E-state index is -0.145. The molecule has 0 amide bonds. The molecule has 4 radical (unpaired) electrons. The molecule has 1 fully saturated rings. The molecule has 0 N–H and O–H groups in total. The Balaban J connectivity index is 1.82. The zero-order valence-electron chi connectivity index (χ0n) is 19.2. The first-order valence-corrected chi connectivity index (χ1v) is 11.7. The zero-order chi connectivity index (χ0) is 24.1. The highest BCUT2D eigenvalue weighted by Gasteiger charge is 2.41. The van der Waals surface area contributed by atoms with Gasteiger partial charge in [0.05, 0.1) is 35.7 Å². The molecule has 0 saturated carbocycles. The van der Waals surface area contributed by atoms with Crippen molar-refractivity contribution in [1.82, 2.24) is 0 Å². The molecule has 0 aromatic heterocycles. The van der Waals surface area contributed by atoms with Crippen molar-refractivity contribution in [2.45, 2.75) is 26.1 Å². The van der Waals surface area contributed by atoms with Crippen molar-refractivity contribution in [2.75, 3.05) is 27.4 Å². The van der Waals surface area contributed by atoms with Crippen LogP contribution in [0.3, 0.4) is 0 Å². The average molecular weight is 480 g/mol. The third-order valence-electron chi connectivity index (χ3n) is 5.85. The van der Waals surface area contributed by atoms with E-state index in [9.17, 15) is 9.59 Å². The Morgan fingerprint density at radius 2 is 1.15 bits per heavy atom. The molecule has 7 nitrogen and oxygen atoms in total. The standard InChI is InChI=1S/C24H26O7.2Al/c1-15-16(2)24(18-6-8-20(30-12-10-26)22(14-18)28-4)31-23(15)17-5-7-19(29-11-9-25)21(13-17)27-3;;/h5-8,13-16,23-24H,11-12H2,1-4H3;;/t15-,16?,23+,24?;;/m1../s1. The Morgan fingerprint density at radius 1 is 0.758 bits per heavy atom. The Hall–Kier alpha value is -2.00. The number of rotatable bonds is 10. The number of carbonyl (C=O) groups excluding carboxylic acids is 2. The Labute approximate surface area is 210 Å². The molecular formula is C24H26Al2O7. The lowest BCUT2D eigenvalue weighted by molar-refractivity contribution is -0.114. The molecule has 2 aromatic carbocycles. The number of hydrogen-bond donors (Lipinski definition) is 0. The molecule has 1 heterocycles. The predicted molar refractivity (Wildman–Crippen MR) is 123 cm³/mol. The van der Waals surface area contributed by atoms with Gasteiger partial charge in [-0.05, 0) is 47.2 Å². The lowest BCUT2D eigenvalue weighted by Crippen LogP contribution is -2.12. The van der Waals surface area contributed by atoms with Gasteiger partial charge in [-0.3, -0.25) is 0 Å². The summed E-state index contributed by atoms with van der Waals surface area (Å²) in [6.07, 6.45) is -0.291. The van der Waals surface area contributed by atoms with Crippen molar-refractivity contribution in [2.24, 2.45) is 11.8 Å². The molecule has 33 heavy (non-hydrogen) atoms. The number of methoxy groups -OCH3 is 2. The Kier molecular flexibility index (Phi) is 8.87. The summed E-state index contributed by atoms with van der Waals surface area (Å²) in [5.41, 5.74) is 1.95. The maximum absolute atomic E-state index is 11.2. The van der Waals surface area contributed by atoms with Crippen molar-refractivity contribution in [3.8, 4) is 23.0 Å². The van der Waals surface area contributed by atoms with Crippen LogP contribution in [0.5, 0.6) is 23.0 Å². The van der Waals surface area contributed by atoms with Crippen LogP contribution in [-0.4, -0.2) is 69.3 Å². The molecule has 2 unspecified atom stereocenters. The van der Waals surface area contributed by atoms with Crippen LogP contribution in [-0.2, 0) is 14.3 Å². The van der Waals surface area contributed by atoms with E-state index in [0.29, 0.717) is 23.0 Å². The van der Waals surface area contributed by atoms with E-state index in [1.165, 1.54) is 0 Å².